The molecule has 106 valence electrons. The number of hydrogen-bond donors (Lipinski definition) is 1. The molecule has 0 bridgehead atoms. The number of hydrogen-bond acceptors (Lipinski definition) is 5. The number of nitrogens with two attached hydrogens (primary N) is 1. The molecular formula is C14H15BrN2O3. The molecule has 2 N–H and O–H groups in total. The van der Waals surface area contributed by atoms with Gasteiger partial charge in [0.25, 0.3) is 0 Å². The van der Waals surface area contributed by atoms with Crippen molar-refractivity contribution in [3.8, 4) is 17.2 Å². The molecule has 1 aromatic carbocycles. The number of nitrogen functional groups attached to an aromatic ring is 1. The molecule has 0 fully saturated rings. The van der Waals surface area contributed by atoms with Crippen molar-refractivity contribution < 1.29 is 14.2 Å². The molecule has 1 aromatic heterocycles. The van der Waals surface area contributed by atoms with Crippen LogP contribution < -0.4 is 19.9 Å². The van der Waals surface area contributed by atoms with Gasteiger partial charge >= 0.3 is 0 Å². The summed E-state index contributed by atoms with van der Waals surface area (Å²) >= 11 is 3.35. The molecule has 0 unspecified atom stereocenters. The topological polar surface area (TPSA) is 66.6 Å². The molecule has 0 saturated heterocycles. The van der Waals surface area contributed by atoms with Gasteiger partial charge in [0.05, 0.1) is 19.9 Å². The maximum absolute atomic E-state index is 5.88. The Hall–Kier alpha value is -1.95. The van der Waals surface area contributed by atoms with Crippen LogP contribution in [0.5, 0.6) is 17.2 Å². The summed E-state index contributed by atoms with van der Waals surface area (Å²) in [6.07, 6.45) is 1.64. The van der Waals surface area contributed by atoms with Crippen LogP contribution in [0.3, 0.4) is 0 Å². The Morgan fingerprint density at radius 3 is 2.60 bits per heavy atom. The smallest absolute Gasteiger partial charge is 0.185 e. The van der Waals surface area contributed by atoms with E-state index >= 15 is 0 Å². The second kappa shape index (κ2) is 6.47. The minimum absolute atomic E-state index is 0.242. The van der Waals surface area contributed by atoms with Gasteiger partial charge in [-0.3, -0.25) is 4.98 Å². The normalized spacial score (nSPS) is 10.2. The number of pyridine rings is 1. The fraction of sp³-hybridized carbons (Fsp3) is 0.214. The highest BCUT2D eigenvalue weighted by Gasteiger charge is 2.12. The molecule has 0 atom stereocenters. The van der Waals surface area contributed by atoms with Gasteiger partial charge in [-0.15, -0.1) is 0 Å². The zero-order valence-corrected chi connectivity index (χ0v) is 12.8. The van der Waals surface area contributed by atoms with E-state index in [4.69, 9.17) is 19.9 Å². The third-order valence-electron chi connectivity index (χ3n) is 2.70. The minimum Gasteiger partial charge on any atom is -0.493 e. The van der Waals surface area contributed by atoms with Crippen LogP contribution in [-0.4, -0.2) is 19.2 Å². The van der Waals surface area contributed by atoms with Crippen molar-refractivity contribution in [2.45, 2.75) is 6.61 Å². The first-order valence-corrected chi connectivity index (χ1v) is 6.68. The van der Waals surface area contributed by atoms with E-state index in [1.54, 1.807) is 38.6 Å². The number of anilines is 1. The lowest BCUT2D eigenvalue weighted by Gasteiger charge is -2.13. The summed E-state index contributed by atoms with van der Waals surface area (Å²) in [5.41, 5.74) is 7.08. The molecule has 0 saturated carbocycles. The summed E-state index contributed by atoms with van der Waals surface area (Å²) < 4.78 is 17.1. The van der Waals surface area contributed by atoms with Crippen LogP contribution in [0.1, 0.15) is 5.69 Å². The first kappa shape index (κ1) is 14.5. The van der Waals surface area contributed by atoms with E-state index in [0.717, 1.165) is 4.47 Å². The van der Waals surface area contributed by atoms with Crippen molar-refractivity contribution in [1.82, 2.24) is 4.98 Å². The average molecular weight is 339 g/mol. The number of methoxy groups -OCH3 is 2. The van der Waals surface area contributed by atoms with Crippen molar-refractivity contribution in [1.29, 1.82) is 0 Å². The van der Waals surface area contributed by atoms with Crippen LogP contribution in [0, 0.1) is 0 Å². The van der Waals surface area contributed by atoms with Crippen molar-refractivity contribution in [3.63, 3.8) is 0 Å². The second-order valence-corrected chi connectivity index (χ2v) is 4.88. The van der Waals surface area contributed by atoms with E-state index < -0.39 is 0 Å². The van der Waals surface area contributed by atoms with E-state index in [9.17, 15) is 0 Å². The van der Waals surface area contributed by atoms with Gasteiger partial charge in [0.1, 0.15) is 18.1 Å². The lowest BCUT2D eigenvalue weighted by Crippen LogP contribution is -2.04. The number of benzene rings is 1. The third kappa shape index (κ3) is 3.14. The summed E-state index contributed by atoms with van der Waals surface area (Å²) in [5.74, 6) is 1.77. The van der Waals surface area contributed by atoms with Crippen molar-refractivity contribution in [2.75, 3.05) is 20.0 Å². The molecule has 0 aliphatic rings. The number of halogens is 1. The van der Waals surface area contributed by atoms with E-state index in [1.165, 1.54) is 0 Å². The van der Waals surface area contributed by atoms with Gasteiger partial charge in [-0.25, -0.2) is 0 Å². The first-order valence-electron chi connectivity index (χ1n) is 5.89. The summed E-state index contributed by atoms with van der Waals surface area (Å²) in [4.78, 5) is 4.24. The summed E-state index contributed by atoms with van der Waals surface area (Å²) in [6, 6.07) is 7.18. The van der Waals surface area contributed by atoms with Gasteiger partial charge in [0.2, 0.25) is 0 Å². The molecule has 6 heteroatoms. The van der Waals surface area contributed by atoms with E-state index in [2.05, 4.69) is 20.9 Å². The highest BCUT2D eigenvalue weighted by molar-refractivity contribution is 9.10. The van der Waals surface area contributed by atoms with Gasteiger partial charge in [-0.05, 0) is 18.2 Å². The van der Waals surface area contributed by atoms with Crippen LogP contribution in [0.25, 0.3) is 0 Å². The van der Waals surface area contributed by atoms with Crippen molar-refractivity contribution in [2.24, 2.45) is 0 Å². The van der Waals surface area contributed by atoms with Gasteiger partial charge < -0.3 is 19.9 Å². The van der Waals surface area contributed by atoms with E-state index in [-0.39, 0.29) is 6.61 Å². The lowest BCUT2D eigenvalue weighted by atomic mass is 10.3. The van der Waals surface area contributed by atoms with E-state index in [1.807, 2.05) is 6.07 Å². The summed E-state index contributed by atoms with van der Waals surface area (Å²) in [5, 5.41) is 0. The number of ether oxygens (including phenoxy) is 3. The number of nitrogens with zero attached hydrogens (tertiary/aromatic N) is 1. The summed E-state index contributed by atoms with van der Waals surface area (Å²) in [7, 11) is 3.15. The highest BCUT2D eigenvalue weighted by atomic mass is 79.9. The monoisotopic (exact) mass is 338 g/mol. The molecule has 5 nitrogen and oxygen atoms in total. The van der Waals surface area contributed by atoms with Gasteiger partial charge in [0.15, 0.2) is 11.5 Å². The Balaban J connectivity index is 2.18. The molecule has 0 radical (unpaired) electrons. The maximum Gasteiger partial charge on any atom is 0.185 e. The zero-order chi connectivity index (χ0) is 14.5. The standard InChI is InChI=1S/C14H15BrN2O3/c1-18-13-5-6-17-11(14(13)19-2)8-20-12-4-3-9(15)7-10(12)16/h3-7H,8,16H2,1-2H3. The van der Waals surface area contributed by atoms with Crippen LogP contribution in [0.15, 0.2) is 34.9 Å². The SMILES string of the molecule is COc1ccnc(COc2ccc(Br)cc2N)c1OC. The zero-order valence-electron chi connectivity index (χ0n) is 11.2. The van der Waals surface area contributed by atoms with Crippen LogP contribution >= 0.6 is 15.9 Å². The molecule has 0 aliphatic heterocycles. The van der Waals surface area contributed by atoms with Crippen molar-refractivity contribution >= 4 is 21.6 Å². The Morgan fingerprint density at radius 2 is 1.95 bits per heavy atom. The molecule has 0 amide bonds. The maximum atomic E-state index is 5.88. The van der Waals surface area contributed by atoms with Gasteiger partial charge in [-0.1, -0.05) is 15.9 Å². The lowest BCUT2D eigenvalue weighted by molar-refractivity contribution is 0.286. The Kier molecular flexibility index (Phi) is 4.68. The quantitative estimate of drug-likeness (QED) is 0.848. The van der Waals surface area contributed by atoms with Gasteiger partial charge in [-0.2, -0.15) is 0 Å². The largest absolute Gasteiger partial charge is 0.493 e. The Morgan fingerprint density at radius 1 is 1.15 bits per heavy atom. The van der Waals surface area contributed by atoms with E-state index in [0.29, 0.717) is 28.6 Å². The van der Waals surface area contributed by atoms with Crippen LogP contribution in [0.4, 0.5) is 5.69 Å². The molecule has 1 heterocycles. The Labute approximate surface area is 125 Å². The number of aromatic nitrogens is 1. The fourth-order valence-electron chi connectivity index (χ4n) is 1.75. The molecule has 0 spiro atoms. The molecule has 20 heavy (non-hydrogen) atoms. The Bertz CT molecular complexity index is 605. The fourth-order valence-corrected chi connectivity index (χ4v) is 2.13. The average Bonchev–Trinajstić information content (AvgIpc) is 2.45. The minimum atomic E-state index is 0.242. The number of rotatable bonds is 5. The molecular weight excluding hydrogens is 324 g/mol. The van der Waals surface area contributed by atoms with Crippen molar-refractivity contribution in [3.05, 3.63) is 40.6 Å². The molecule has 2 rings (SSSR count). The van der Waals surface area contributed by atoms with Crippen LogP contribution in [-0.2, 0) is 6.61 Å². The van der Waals surface area contributed by atoms with Gasteiger partial charge in [0, 0.05) is 16.7 Å². The highest BCUT2D eigenvalue weighted by Crippen LogP contribution is 2.31. The van der Waals surface area contributed by atoms with Crippen LogP contribution in [0.2, 0.25) is 0 Å². The molecule has 0 aliphatic carbocycles. The third-order valence-corrected chi connectivity index (χ3v) is 3.20. The molecule has 2 aromatic rings. The summed E-state index contributed by atoms with van der Waals surface area (Å²) in [6.45, 7) is 0.242. The predicted octanol–water partition coefficient (Wildman–Crippen LogP) is 3.02. The predicted molar refractivity (Wildman–Crippen MR) is 80.2 cm³/mol. The first-order chi connectivity index (χ1) is 9.65. The second-order valence-electron chi connectivity index (χ2n) is 3.96.